The number of hydrogen-bond acceptors (Lipinski definition) is 3. The van der Waals surface area contributed by atoms with Crippen molar-refractivity contribution >= 4 is 5.97 Å². The summed E-state index contributed by atoms with van der Waals surface area (Å²) in [5.41, 5.74) is 2.63. The lowest BCUT2D eigenvalue weighted by molar-refractivity contribution is -0.146. The second-order valence-corrected chi connectivity index (χ2v) is 6.59. The van der Waals surface area contributed by atoms with Crippen LogP contribution in [0.1, 0.15) is 17.5 Å². The summed E-state index contributed by atoms with van der Waals surface area (Å²) in [5, 5.41) is 0. The number of ether oxygens (including phenoxy) is 1. The average molecular weight is 323 g/mol. The highest BCUT2D eigenvalue weighted by atomic mass is 16.5. The molecule has 1 saturated heterocycles. The zero-order valence-corrected chi connectivity index (χ0v) is 14.2. The van der Waals surface area contributed by atoms with Gasteiger partial charge < -0.3 is 4.74 Å². The number of carbonyl (C=O) groups is 1. The fourth-order valence-electron chi connectivity index (χ4n) is 3.64. The van der Waals surface area contributed by atoms with Crippen molar-refractivity contribution in [3.05, 3.63) is 71.8 Å². The molecule has 2 atom stereocenters. The van der Waals surface area contributed by atoms with Crippen molar-refractivity contribution < 1.29 is 9.53 Å². The summed E-state index contributed by atoms with van der Waals surface area (Å²) in [6.07, 6.45) is 2.03. The van der Waals surface area contributed by atoms with E-state index in [1.165, 1.54) is 18.2 Å². The number of likely N-dealkylation sites (tertiary alicyclic amines) is 1. The van der Waals surface area contributed by atoms with Gasteiger partial charge in [-0.25, -0.2) is 0 Å². The molecule has 2 aromatic rings. The minimum Gasteiger partial charge on any atom is -0.469 e. The Hall–Kier alpha value is -2.13. The molecule has 3 heteroatoms. The molecule has 0 aromatic heterocycles. The molecule has 1 aliphatic rings. The van der Waals surface area contributed by atoms with E-state index in [2.05, 4.69) is 53.4 Å². The van der Waals surface area contributed by atoms with E-state index in [-0.39, 0.29) is 11.9 Å². The largest absolute Gasteiger partial charge is 0.469 e. The van der Waals surface area contributed by atoms with Crippen molar-refractivity contribution in [1.29, 1.82) is 0 Å². The average Bonchev–Trinajstić information content (AvgIpc) is 3.04. The minimum absolute atomic E-state index is 0.0116. The highest BCUT2D eigenvalue weighted by Crippen LogP contribution is 2.29. The Bertz CT molecular complexity index is 641. The number of aryl methyl sites for hydroxylation is 1. The third kappa shape index (κ3) is 4.24. The fourth-order valence-corrected chi connectivity index (χ4v) is 3.64. The zero-order chi connectivity index (χ0) is 16.8. The van der Waals surface area contributed by atoms with Crippen LogP contribution < -0.4 is 0 Å². The Morgan fingerprint density at radius 3 is 2.25 bits per heavy atom. The maximum Gasteiger partial charge on any atom is 0.310 e. The quantitative estimate of drug-likeness (QED) is 0.762. The summed E-state index contributed by atoms with van der Waals surface area (Å²) in [6.45, 7) is 2.65. The summed E-state index contributed by atoms with van der Waals surface area (Å²) in [5.74, 6) is 0.285. The number of hydrogen-bond donors (Lipinski definition) is 0. The van der Waals surface area contributed by atoms with Gasteiger partial charge in [0.1, 0.15) is 0 Å². The summed E-state index contributed by atoms with van der Waals surface area (Å²) >= 11 is 0. The Labute approximate surface area is 144 Å². The van der Waals surface area contributed by atoms with Gasteiger partial charge in [0.2, 0.25) is 0 Å². The van der Waals surface area contributed by atoms with E-state index in [4.69, 9.17) is 4.74 Å². The van der Waals surface area contributed by atoms with Crippen LogP contribution in [0.5, 0.6) is 0 Å². The van der Waals surface area contributed by atoms with E-state index in [9.17, 15) is 4.79 Å². The van der Waals surface area contributed by atoms with Crippen LogP contribution in [-0.2, 0) is 22.5 Å². The van der Waals surface area contributed by atoms with Crippen molar-refractivity contribution in [2.75, 3.05) is 20.2 Å². The van der Waals surface area contributed by atoms with Crippen molar-refractivity contribution in [3.63, 3.8) is 0 Å². The van der Waals surface area contributed by atoms with E-state index in [0.29, 0.717) is 5.92 Å². The predicted octanol–water partition coefficient (Wildman–Crippen LogP) is 3.54. The third-order valence-corrected chi connectivity index (χ3v) is 4.92. The number of carbonyl (C=O) groups excluding carboxylic acids is 1. The van der Waals surface area contributed by atoms with Crippen LogP contribution in [0.15, 0.2) is 60.7 Å². The Balaban J connectivity index is 1.63. The maximum atomic E-state index is 12.2. The second-order valence-electron chi connectivity index (χ2n) is 6.59. The van der Waals surface area contributed by atoms with Gasteiger partial charge in [-0.05, 0) is 29.9 Å². The maximum absolute atomic E-state index is 12.2. The minimum atomic E-state index is -0.0661. The standard InChI is InChI=1S/C21H25NO2/c1-24-21(23)20-16-22(14-18-10-6-3-7-11-18)15-19(20)13-12-17-8-4-2-5-9-17/h2-11,19-20H,12-16H2,1H3. The molecule has 0 saturated carbocycles. The summed E-state index contributed by atoms with van der Waals surface area (Å²) < 4.78 is 5.05. The number of nitrogens with zero attached hydrogens (tertiary/aromatic N) is 1. The Kier molecular flexibility index (Phi) is 5.65. The molecule has 0 bridgehead atoms. The van der Waals surface area contributed by atoms with Crippen LogP contribution in [0.3, 0.4) is 0 Å². The normalized spacial score (nSPS) is 20.9. The van der Waals surface area contributed by atoms with Gasteiger partial charge >= 0.3 is 5.97 Å². The molecule has 0 amide bonds. The third-order valence-electron chi connectivity index (χ3n) is 4.92. The molecular formula is C21H25NO2. The van der Waals surface area contributed by atoms with Gasteiger partial charge in [-0.2, -0.15) is 0 Å². The number of rotatable bonds is 6. The monoisotopic (exact) mass is 323 g/mol. The first-order valence-electron chi connectivity index (χ1n) is 8.64. The van der Waals surface area contributed by atoms with Crippen molar-refractivity contribution in [2.24, 2.45) is 11.8 Å². The Morgan fingerprint density at radius 1 is 1.00 bits per heavy atom. The fraction of sp³-hybridized carbons (Fsp3) is 0.381. The van der Waals surface area contributed by atoms with Crippen LogP contribution in [0.4, 0.5) is 0 Å². The van der Waals surface area contributed by atoms with Crippen LogP contribution in [-0.4, -0.2) is 31.1 Å². The molecule has 2 unspecified atom stereocenters. The van der Waals surface area contributed by atoms with Gasteiger partial charge in [0, 0.05) is 19.6 Å². The lowest BCUT2D eigenvalue weighted by atomic mass is 9.90. The number of methoxy groups -OCH3 is 1. The summed E-state index contributed by atoms with van der Waals surface area (Å²) in [6, 6.07) is 21.0. The van der Waals surface area contributed by atoms with Crippen molar-refractivity contribution in [2.45, 2.75) is 19.4 Å². The molecule has 3 nitrogen and oxygen atoms in total. The van der Waals surface area contributed by atoms with Crippen LogP contribution in [0.2, 0.25) is 0 Å². The molecule has 3 rings (SSSR count). The van der Waals surface area contributed by atoms with Gasteiger partial charge in [0.05, 0.1) is 13.0 Å². The van der Waals surface area contributed by atoms with Gasteiger partial charge in [-0.1, -0.05) is 60.7 Å². The first-order valence-corrected chi connectivity index (χ1v) is 8.64. The highest BCUT2D eigenvalue weighted by Gasteiger charge is 2.37. The van der Waals surface area contributed by atoms with Gasteiger partial charge in [-0.15, -0.1) is 0 Å². The van der Waals surface area contributed by atoms with Crippen LogP contribution in [0, 0.1) is 11.8 Å². The van der Waals surface area contributed by atoms with Crippen molar-refractivity contribution in [1.82, 2.24) is 4.90 Å². The molecule has 1 fully saturated rings. The van der Waals surface area contributed by atoms with E-state index < -0.39 is 0 Å². The van der Waals surface area contributed by atoms with E-state index in [0.717, 1.165) is 32.5 Å². The lowest BCUT2D eigenvalue weighted by Gasteiger charge is -2.16. The van der Waals surface area contributed by atoms with Gasteiger partial charge in [0.15, 0.2) is 0 Å². The van der Waals surface area contributed by atoms with Crippen molar-refractivity contribution in [3.8, 4) is 0 Å². The van der Waals surface area contributed by atoms with Crippen LogP contribution in [0.25, 0.3) is 0 Å². The predicted molar refractivity (Wildman–Crippen MR) is 95.5 cm³/mol. The second kappa shape index (κ2) is 8.11. The molecule has 0 N–H and O–H groups in total. The molecular weight excluding hydrogens is 298 g/mol. The molecule has 24 heavy (non-hydrogen) atoms. The first-order chi connectivity index (χ1) is 11.8. The van der Waals surface area contributed by atoms with Crippen LogP contribution >= 0.6 is 0 Å². The van der Waals surface area contributed by atoms with E-state index in [1.54, 1.807) is 0 Å². The summed E-state index contributed by atoms with van der Waals surface area (Å²) in [4.78, 5) is 14.6. The SMILES string of the molecule is COC(=O)C1CN(Cc2ccccc2)CC1CCc1ccccc1. The topological polar surface area (TPSA) is 29.5 Å². The number of esters is 1. The molecule has 0 aliphatic carbocycles. The molecule has 0 radical (unpaired) electrons. The molecule has 0 spiro atoms. The van der Waals surface area contributed by atoms with Gasteiger partial charge in [-0.3, -0.25) is 9.69 Å². The first kappa shape index (κ1) is 16.7. The smallest absolute Gasteiger partial charge is 0.310 e. The zero-order valence-electron chi connectivity index (χ0n) is 14.2. The summed E-state index contributed by atoms with van der Waals surface area (Å²) in [7, 11) is 1.50. The Morgan fingerprint density at radius 2 is 1.62 bits per heavy atom. The molecule has 126 valence electrons. The van der Waals surface area contributed by atoms with Gasteiger partial charge in [0.25, 0.3) is 0 Å². The molecule has 2 aromatic carbocycles. The number of benzene rings is 2. The van der Waals surface area contributed by atoms with E-state index >= 15 is 0 Å². The molecule has 1 heterocycles. The molecule has 1 aliphatic heterocycles. The van der Waals surface area contributed by atoms with E-state index in [1.807, 2.05) is 12.1 Å². The highest BCUT2D eigenvalue weighted by molar-refractivity contribution is 5.73. The lowest BCUT2D eigenvalue weighted by Crippen LogP contribution is -2.25.